The van der Waals surface area contributed by atoms with Gasteiger partial charge >= 0.3 is 5.97 Å². The number of ether oxygens (including phenoxy) is 2. The molecule has 4 nitrogen and oxygen atoms in total. The lowest BCUT2D eigenvalue weighted by Crippen LogP contribution is -2.06. The summed E-state index contributed by atoms with van der Waals surface area (Å²) in [5.74, 6) is -0.397. The smallest absolute Gasteiger partial charge is 0.343 e. The number of rotatable bonds is 2. The Bertz CT molecular complexity index is 437. The Balaban J connectivity index is 3.45. The van der Waals surface area contributed by atoms with Gasteiger partial charge in [0.2, 0.25) is 0 Å². The minimum atomic E-state index is -0.625. The number of carbonyl (C=O) groups excluding carboxylic acids is 1. The maximum Gasteiger partial charge on any atom is 0.343 e. The maximum absolute atomic E-state index is 11.4. The molecule has 0 atom stereocenters. The monoisotopic (exact) mass is 225 g/mol. The van der Waals surface area contributed by atoms with Gasteiger partial charge in [-0.3, -0.25) is 0 Å². The van der Waals surface area contributed by atoms with Crippen LogP contribution in [0, 0.1) is 11.3 Å². The molecule has 0 fully saturated rings. The molecule has 0 N–H and O–H groups in total. The van der Waals surface area contributed by atoms with Crippen molar-refractivity contribution in [1.29, 1.82) is 5.26 Å². The van der Waals surface area contributed by atoms with E-state index >= 15 is 0 Å². The number of nitrogens with zero attached hydrogens (tertiary/aromatic N) is 1. The van der Waals surface area contributed by atoms with Crippen molar-refractivity contribution < 1.29 is 14.3 Å². The fourth-order valence-corrected chi connectivity index (χ4v) is 1.35. The molecule has 0 aliphatic carbocycles. The van der Waals surface area contributed by atoms with E-state index in [-0.39, 0.29) is 16.9 Å². The molecule has 0 saturated heterocycles. The molecule has 1 rings (SSSR count). The van der Waals surface area contributed by atoms with Gasteiger partial charge in [-0.2, -0.15) is 5.26 Å². The average Bonchev–Trinajstić information content (AvgIpc) is 2.26. The molecule has 0 aliphatic rings. The molecule has 0 heterocycles. The van der Waals surface area contributed by atoms with E-state index in [1.54, 1.807) is 0 Å². The molecular weight excluding hydrogens is 218 g/mol. The van der Waals surface area contributed by atoms with Gasteiger partial charge in [0, 0.05) is 5.02 Å². The number of carbonyl (C=O) groups is 1. The van der Waals surface area contributed by atoms with Gasteiger partial charge in [0.25, 0.3) is 0 Å². The number of esters is 1. The molecule has 0 aromatic heterocycles. The molecule has 15 heavy (non-hydrogen) atoms. The van der Waals surface area contributed by atoms with E-state index in [0.717, 1.165) is 0 Å². The Kier molecular flexibility index (Phi) is 3.53. The van der Waals surface area contributed by atoms with Crippen molar-refractivity contribution in [3.8, 4) is 11.8 Å². The molecule has 78 valence electrons. The average molecular weight is 226 g/mol. The van der Waals surface area contributed by atoms with E-state index in [0.29, 0.717) is 5.02 Å². The Labute approximate surface area is 92.0 Å². The normalized spacial score (nSPS) is 9.20. The maximum atomic E-state index is 11.4. The summed E-state index contributed by atoms with van der Waals surface area (Å²) in [5, 5.41) is 9.16. The Hall–Kier alpha value is -1.73. The molecule has 5 heteroatoms. The third-order valence-corrected chi connectivity index (χ3v) is 2.02. The minimum absolute atomic E-state index is 0.0897. The van der Waals surface area contributed by atoms with Crippen LogP contribution in [0.15, 0.2) is 12.1 Å². The van der Waals surface area contributed by atoms with Crippen LogP contribution >= 0.6 is 11.6 Å². The first-order valence-corrected chi connectivity index (χ1v) is 4.37. The second-order valence-electron chi connectivity index (χ2n) is 2.63. The second-order valence-corrected chi connectivity index (χ2v) is 3.07. The Morgan fingerprint density at radius 1 is 1.47 bits per heavy atom. The predicted molar refractivity (Wildman–Crippen MR) is 54.1 cm³/mol. The number of benzene rings is 1. The first-order valence-electron chi connectivity index (χ1n) is 4.00. The molecule has 0 spiro atoms. The van der Waals surface area contributed by atoms with Gasteiger partial charge < -0.3 is 9.47 Å². The van der Waals surface area contributed by atoms with E-state index in [1.165, 1.54) is 26.4 Å². The summed E-state index contributed by atoms with van der Waals surface area (Å²) in [7, 11) is 2.62. The van der Waals surface area contributed by atoms with Gasteiger partial charge in [-0.05, 0) is 12.1 Å². The van der Waals surface area contributed by atoms with Crippen molar-refractivity contribution in [2.24, 2.45) is 0 Å². The first kappa shape index (κ1) is 11.3. The fourth-order valence-electron chi connectivity index (χ4n) is 1.14. The third kappa shape index (κ3) is 2.20. The number of nitriles is 1. The van der Waals surface area contributed by atoms with Crippen molar-refractivity contribution in [1.82, 2.24) is 0 Å². The summed E-state index contributed by atoms with van der Waals surface area (Å²) in [4.78, 5) is 11.4. The van der Waals surface area contributed by atoms with Gasteiger partial charge in [-0.25, -0.2) is 4.79 Å². The van der Waals surface area contributed by atoms with Crippen LogP contribution < -0.4 is 4.74 Å². The number of hydrogen-bond donors (Lipinski definition) is 0. The molecule has 0 unspecified atom stereocenters. The minimum Gasteiger partial charge on any atom is -0.496 e. The third-order valence-electron chi connectivity index (χ3n) is 1.80. The first-order chi connectivity index (χ1) is 7.13. The molecule has 0 radical (unpaired) electrons. The SMILES string of the molecule is COC(=O)c1c(C#N)cc(Cl)cc1OC. The highest BCUT2D eigenvalue weighted by Gasteiger charge is 2.18. The van der Waals surface area contributed by atoms with E-state index in [4.69, 9.17) is 21.6 Å². The quantitative estimate of drug-likeness (QED) is 0.723. The van der Waals surface area contributed by atoms with Crippen molar-refractivity contribution in [2.45, 2.75) is 0 Å². The van der Waals surface area contributed by atoms with E-state index < -0.39 is 5.97 Å². The number of halogens is 1. The predicted octanol–water partition coefficient (Wildman–Crippen LogP) is 2.01. The summed E-state index contributed by atoms with van der Waals surface area (Å²) in [6, 6.07) is 4.70. The van der Waals surface area contributed by atoms with Gasteiger partial charge in [0.1, 0.15) is 17.4 Å². The lowest BCUT2D eigenvalue weighted by Gasteiger charge is -2.08. The molecular formula is C10H8ClNO3. The largest absolute Gasteiger partial charge is 0.496 e. The van der Waals surface area contributed by atoms with Gasteiger partial charge in [-0.1, -0.05) is 11.6 Å². The van der Waals surface area contributed by atoms with Crippen molar-refractivity contribution in [3.63, 3.8) is 0 Å². The summed E-state index contributed by atoms with van der Waals surface area (Å²) in [6.45, 7) is 0. The summed E-state index contributed by atoms with van der Waals surface area (Å²) in [5.41, 5.74) is 0.220. The van der Waals surface area contributed by atoms with E-state index in [2.05, 4.69) is 4.74 Å². The van der Waals surface area contributed by atoms with Crippen molar-refractivity contribution >= 4 is 17.6 Å². The highest BCUT2D eigenvalue weighted by atomic mass is 35.5. The van der Waals surface area contributed by atoms with Crippen LogP contribution in [-0.2, 0) is 4.74 Å². The molecule has 0 saturated carbocycles. The van der Waals surface area contributed by atoms with Gasteiger partial charge in [0.15, 0.2) is 0 Å². The second kappa shape index (κ2) is 4.67. The van der Waals surface area contributed by atoms with Crippen LogP contribution in [-0.4, -0.2) is 20.2 Å². The lowest BCUT2D eigenvalue weighted by molar-refractivity contribution is 0.0596. The van der Waals surface area contributed by atoms with Crippen LogP contribution in [0.25, 0.3) is 0 Å². The summed E-state index contributed by atoms with van der Waals surface area (Å²) < 4.78 is 9.50. The van der Waals surface area contributed by atoms with Gasteiger partial charge in [-0.15, -0.1) is 0 Å². The molecule has 0 amide bonds. The number of hydrogen-bond acceptors (Lipinski definition) is 4. The highest BCUT2D eigenvalue weighted by molar-refractivity contribution is 6.31. The van der Waals surface area contributed by atoms with E-state index in [1.807, 2.05) is 6.07 Å². The molecule has 1 aromatic rings. The van der Waals surface area contributed by atoms with Crippen LogP contribution in [0.2, 0.25) is 5.02 Å². The summed E-state index contributed by atoms with van der Waals surface area (Å²) >= 11 is 5.74. The molecule has 0 aliphatic heterocycles. The lowest BCUT2D eigenvalue weighted by atomic mass is 10.1. The van der Waals surface area contributed by atoms with E-state index in [9.17, 15) is 4.79 Å². The summed E-state index contributed by atoms with van der Waals surface area (Å²) in [6.07, 6.45) is 0. The van der Waals surface area contributed by atoms with Crippen LogP contribution in [0.5, 0.6) is 5.75 Å². The van der Waals surface area contributed by atoms with Crippen LogP contribution in [0.4, 0.5) is 0 Å². The zero-order valence-corrected chi connectivity index (χ0v) is 8.96. The molecule has 1 aromatic carbocycles. The highest BCUT2D eigenvalue weighted by Crippen LogP contribution is 2.27. The van der Waals surface area contributed by atoms with Crippen molar-refractivity contribution in [3.05, 3.63) is 28.3 Å². The topological polar surface area (TPSA) is 59.3 Å². The standard InChI is InChI=1S/C10H8ClNO3/c1-14-8-4-7(11)3-6(5-12)9(8)10(13)15-2/h3-4H,1-2H3. The van der Waals surface area contributed by atoms with Crippen molar-refractivity contribution in [2.75, 3.05) is 14.2 Å². The zero-order valence-electron chi connectivity index (χ0n) is 8.20. The zero-order chi connectivity index (χ0) is 11.4. The van der Waals surface area contributed by atoms with Crippen LogP contribution in [0.3, 0.4) is 0 Å². The Morgan fingerprint density at radius 2 is 2.13 bits per heavy atom. The molecule has 0 bridgehead atoms. The van der Waals surface area contributed by atoms with Crippen LogP contribution in [0.1, 0.15) is 15.9 Å². The number of methoxy groups -OCH3 is 2. The fraction of sp³-hybridized carbons (Fsp3) is 0.200. The Morgan fingerprint density at radius 3 is 2.60 bits per heavy atom. The van der Waals surface area contributed by atoms with Gasteiger partial charge in [0.05, 0.1) is 19.8 Å².